The number of nitrogens with one attached hydrogen (secondary N) is 1. The van der Waals surface area contributed by atoms with Crippen LogP contribution >= 0.6 is 0 Å². The molecule has 1 aromatic carbocycles. The largest absolute Gasteiger partial charge is 0.481 e. The zero-order valence-corrected chi connectivity index (χ0v) is 14.1. The number of benzene rings is 1. The van der Waals surface area contributed by atoms with Gasteiger partial charge in [-0.25, -0.2) is 0 Å². The number of non-ortho nitro benzene ring substituents is 1. The Balaban J connectivity index is 2.05. The van der Waals surface area contributed by atoms with Crippen molar-refractivity contribution in [2.75, 3.05) is 19.8 Å². The monoisotopic (exact) mass is 365 g/mol. The van der Waals surface area contributed by atoms with Gasteiger partial charge in [-0.3, -0.25) is 24.5 Å². The lowest BCUT2D eigenvalue weighted by molar-refractivity contribution is -0.384. The van der Waals surface area contributed by atoms with Gasteiger partial charge in [0.15, 0.2) is 0 Å². The minimum atomic E-state index is -1.05. The van der Waals surface area contributed by atoms with Gasteiger partial charge < -0.3 is 20.1 Å². The van der Waals surface area contributed by atoms with Crippen molar-refractivity contribution in [3.63, 3.8) is 0 Å². The maximum atomic E-state index is 12.6. The topological polar surface area (TPSA) is 139 Å². The molecule has 1 aliphatic heterocycles. The van der Waals surface area contributed by atoms with Crippen LogP contribution in [-0.2, 0) is 14.3 Å². The highest BCUT2D eigenvalue weighted by molar-refractivity contribution is 5.98. The fourth-order valence-corrected chi connectivity index (χ4v) is 2.67. The molecule has 1 aliphatic rings. The van der Waals surface area contributed by atoms with Gasteiger partial charge in [-0.1, -0.05) is 6.07 Å². The van der Waals surface area contributed by atoms with Gasteiger partial charge in [0, 0.05) is 24.2 Å². The minimum absolute atomic E-state index is 0.0583. The van der Waals surface area contributed by atoms with Crippen molar-refractivity contribution < 1.29 is 29.2 Å². The summed E-state index contributed by atoms with van der Waals surface area (Å²) in [5.41, 5.74) is -0.172. The van der Waals surface area contributed by atoms with Gasteiger partial charge in [0.1, 0.15) is 6.04 Å². The number of nitrogens with zero attached hydrogens (tertiary/aromatic N) is 2. The Morgan fingerprint density at radius 3 is 2.85 bits per heavy atom. The number of carboxylic acid groups (broad SMARTS) is 1. The Bertz CT molecular complexity index is 722. The number of nitro groups is 1. The zero-order chi connectivity index (χ0) is 19.3. The van der Waals surface area contributed by atoms with E-state index in [0.717, 1.165) is 6.07 Å². The average molecular weight is 365 g/mol. The van der Waals surface area contributed by atoms with Crippen molar-refractivity contribution in [2.45, 2.75) is 25.4 Å². The van der Waals surface area contributed by atoms with E-state index in [1.54, 1.807) is 0 Å². The van der Waals surface area contributed by atoms with Gasteiger partial charge in [0.25, 0.3) is 11.6 Å². The van der Waals surface area contributed by atoms with Gasteiger partial charge in [0.05, 0.1) is 30.6 Å². The maximum Gasteiger partial charge on any atom is 0.305 e. The summed E-state index contributed by atoms with van der Waals surface area (Å²) < 4.78 is 5.22. The van der Waals surface area contributed by atoms with E-state index in [2.05, 4.69) is 5.32 Å². The van der Waals surface area contributed by atoms with Gasteiger partial charge in [-0.2, -0.15) is 0 Å². The molecule has 0 saturated carbocycles. The summed E-state index contributed by atoms with van der Waals surface area (Å²) in [6.07, 6.45) is -0.253. The molecule has 0 aliphatic carbocycles. The van der Waals surface area contributed by atoms with Gasteiger partial charge >= 0.3 is 5.97 Å². The maximum absolute atomic E-state index is 12.6. The first-order valence-corrected chi connectivity index (χ1v) is 7.95. The predicted molar refractivity (Wildman–Crippen MR) is 88.6 cm³/mol. The zero-order valence-electron chi connectivity index (χ0n) is 14.1. The standard InChI is InChI=1S/C16H19N3O7/c1-10(16(23)18-5-6-26-9-13(18)8-14(20)21)17-15(22)11-3-2-4-12(7-11)19(24)25/h2-4,7,10,13H,5-6,8-9H2,1H3,(H,17,22)(H,20,21). The fourth-order valence-electron chi connectivity index (χ4n) is 2.67. The summed E-state index contributed by atoms with van der Waals surface area (Å²) in [5.74, 6) is -2.11. The molecule has 1 aromatic rings. The highest BCUT2D eigenvalue weighted by Gasteiger charge is 2.32. The Morgan fingerprint density at radius 2 is 2.19 bits per heavy atom. The first-order chi connectivity index (χ1) is 12.3. The number of ether oxygens (including phenoxy) is 1. The molecule has 2 amide bonds. The van der Waals surface area contributed by atoms with Gasteiger partial charge in [-0.15, -0.1) is 0 Å². The number of hydrogen-bond donors (Lipinski definition) is 2. The van der Waals surface area contributed by atoms with Gasteiger partial charge in [0.2, 0.25) is 5.91 Å². The van der Waals surface area contributed by atoms with Crippen molar-refractivity contribution >= 4 is 23.5 Å². The molecule has 1 fully saturated rings. The molecule has 0 aromatic heterocycles. The van der Waals surface area contributed by atoms with E-state index in [-0.39, 0.29) is 37.4 Å². The number of rotatable bonds is 6. The smallest absolute Gasteiger partial charge is 0.305 e. The van der Waals surface area contributed by atoms with Crippen molar-refractivity contribution in [1.29, 1.82) is 0 Å². The molecule has 10 nitrogen and oxygen atoms in total. The number of nitro benzene ring substituents is 1. The normalized spacial score (nSPS) is 18.0. The lowest BCUT2D eigenvalue weighted by Crippen LogP contribution is -2.55. The van der Waals surface area contributed by atoms with Crippen LogP contribution < -0.4 is 5.32 Å². The van der Waals surface area contributed by atoms with Crippen LogP contribution in [0.2, 0.25) is 0 Å². The first-order valence-electron chi connectivity index (χ1n) is 7.95. The van der Waals surface area contributed by atoms with E-state index < -0.39 is 34.8 Å². The van der Waals surface area contributed by atoms with E-state index in [1.165, 1.54) is 30.0 Å². The molecule has 2 N–H and O–H groups in total. The Morgan fingerprint density at radius 1 is 1.46 bits per heavy atom. The third kappa shape index (κ3) is 4.76. The van der Waals surface area contributed by atoms with Crippen LogP contribution in [0, 0.1) is 10.1 Å². The van der Waals surface area contributed by atoms with Crippen molar-refractivity contribution in [1.82, 2.24) is 10.2 Å². The van der Waals surface area contributed by atoms with E-state index >= 15 is 0 Å². The predicted octanol–water partition coefficient (Wildman–Crippen LogP) is 0.415. The summed E-state index contributed by atoms with van der Waals surface area (Å²) in [6, 6.07) is 3.64. The second-order valence-electron chi connectivity index (χ2n) is 5.86. The molecule has 2 rings (SSSR count). The Hall–Kier alpha value is -3.01. The summed E-state index contributed by atoms with van der Waals surface area (Å²) in [7, 11) is 0. The molecule has 1 saturated heterocycles. The molecule has 10 heteroatoms. The lowest BCUT2D eigenvalue weighted by Gasteiger charge is -2.36. The van der Waals surface area contributed by atoms with Gasteiger partial charge in [-0.05, 0) is 13.0 Å². The molecule has 2 atom stereocenters. The third-order valence-corrected chi connectivity index (χ3v) is 3.96. The molecule has 2 unspecified atom stereocenters. The number of hydrogen-bond acceptors (Lipinski definition) is 6. The second-order valence-corrected chi connectivity index (χ2v) is 5.86. The van der Waals surface area contributed by atoms with Crippen molar-refractivity contribution in [2.24, 2.45) is 0 Å². The molecular formula is C16H19N3O7. The van der Waals surface area contributed by atoms with Crippen LogP contribution in [-0.4, -0.2) is 64.6 Å². The summed E-state index contributed by atoms with van der Waals surface area (Å²) >= 11 is 0. The van der Waals surface area contributed by atoms with Crippen LogP contribution in [0.5, 0.6) is 0 Å². The van der Waals surface area contributed by atoms with Crippen molar-refractivity contribution in [3.8, 4) is 0 Å². The minimum Gasteiger partial charge on any atom is -0.481 e. The average Bonchev–Trinajstić information content (AvgIpc) is 2.61. The molecular weight excluding hydrogens is 346 g/mol. The number of carbonyl (C=O) groups is 3. The second kappa shape index (κ2) is 8.39. The van der Waals surface area contributed by atoms with Crippen LogP contribution in [0.1, 0.15) is 23.7 Å². The molecule has 1 heterocycles. The van der Waals surface area contributed by atoms with Crippen LogP contribution in [0.25, 0.3) is 0 Å². The number of carboxylic acids is 1. The lowest BCUT2D eigenvalue weighted by atomic mass is 10.1. The highest BCUT2D eigenvalue weighted by Crippen LogP contribution is 2.15. The third-order valence-electron chi connectivity index (χ3n) is 3.96. The molecule has 26 heavy (non-hydrogen) atoms. The molecule has 0 bridgehead atoms. The molecule has 140 valence electrons. The fraction of sp³-hybridized carbons (Fsp3) is 0.438. The SMILES string of the molecule is CC(NC(=O)c1cccc([N+](=O)[O-])c1)C(=O)N1CCOCC1CC(=O)O. The quantitative estimate of drug-likeness (QED) is 0.550. The summed E-state index contributed by atoms with van der Waals surface area (Å²) in [5, 5.41) is 22.2. The van der Waals surface area contributed by atoms with E-state index in [1.807, 2.05) is 0 Å². The number of carbonyl (C=O) groups excluding carboxylic acids is 2. The summed E-state index contributed by atoms with van der Waals surface area (Å²) in [4.78, 5) is 47.3. The first kappa shape index (κ1) is 19.3. The van der Waals surface area contributed by atoms with E-state index in [4.69, 9.17) is 9.84 Å². The number of aliphatic carboxylic acids is 1. The summed E-state index contributed by atoms with van der Waals surface area (Å²) in [6.45, 7) is 2.11. The van der Waals surface area contributed by atoms with Crippen LogP contribution in [0.15, 0.2) is 24.3 Å². The van der Waals surface area contributed by atoms with E-state index in [9.17, 15) is 24.5 Å². The molecule has 0 radical (unpaired) electrons. The Kier molecular flexibility index (Phi) is 6.23. The van der Waals surface area contributed by atoms with E-state index in [0.29, 0.717) is 0 Å². The number of morpholine rings is 1. The highest BCUT2D eigenvalue weighted by atomic mass is 16.6. The van der Waals surface area contributed by atoms with Crippen LogP contribution in [0.4, 0.5) is 5.69 Å². The van der Waals surface area contributed by atoms with Crippen molar-refractivity contribution in [3.05, 3.63) is 39.9 Å². The van der Waals surface area contributed by atoms with Crippen LogP contribution in [0.3, 0.4) is 0 Å². The molecule has 0 spiro atoms. The Labute approximate surface area is 148 Å². The number of amides is 2.